The summed E-state index contributed by atoms with van der Waals surface area (Å²) in [5, 5.41) is 20.1. The van der Waals surface area contributed by atoms with Gasteiger partial charge < -0.3 is 18.9 Å². The third-order valence-electron chi connectivity index (χ3n) is 11.7. The molecule has 0 amide bonds. The molecule has 6 heterocycles. The maximum atomic E-state index is 13.8. The second-order valence-electron chi connectivity index (χ2n) is 16.2. The molecule has 16 nitrogen and oxygen atoms in total. The van der Waals surface area contributed by atoms with E-state index in [1.54, 1.807) is 24.3 Å². The van der Waals surface area contributed by atoms with Crippen LogP contribution in [0.15, 0.2) is 58.5 Å². The number of rotatable bonds is 19. The number of carbonyl (C=O) groups is 4. The Hall–Kier alpha value is -5.76. The normalized spacial score (nSPS) is 15.0. The minimum atomic E-state index is -0.666. The van der Waals surface area contributed by atoms with Gasteiger partial charge in [0.1, 0.15) is 33.7 Å². The van der Waals surface area contributed by atoms with Crippen LogP contribution in [0.2, 0.25) is 10.0 Å². The number of thiophene rings is 2. The molecule has 0 N–H and O–H groups in total. The van der Waals surface area contributed by atoms with Gasteiger partial charge in [-0.05, 0) is 75.9 Å². The predicted octanol–water partition coefficient (Wildman–Crippen LogP) is 9.08. The third kappa shape index (κ3) is 10.0. The van der Waals surface area contributed by atoms with Gasteiger partial charge in [0.2, 0.25) is 0 Å². The molecule has 20 heteroatoms. The van der Waals surface area contributed by atoms with Crippen molar-refractivity contribution in [2.75, 3.05) is 40.6 Å². The highest BCUT2D eigenvalue weighted by Crippen LogP contribution is 2.42. The maximum Gasteiger partial charge on any atom is 0.308 e. The Kier molecular flexibility index (Phi) is 15.2. The fourth-order valence-corrected chi connectivity index (χ4v) is 11.2. The Bertz CT molecular complexity index is 2760. The number of hydrogen-bond donors (Lipinski definition) is 0. The molecule has 0 unspecified atom stereocenters. The maximum absolute atomic E-state index is 13.8. The number of ether oxygens (including phenoxy) is 4. The Balaban J connectivity index is 0.857. The summed E-state index contributed by atoms with van der Waals surface area (Å²) in [4.78, 5) is 64.0. The number of aryl methyl sites for hydroxylation is 2. The highest BCUT2D eigenvalue weighted by Gasteiger charge is 2.36. The molecule has 0 bridgehead atoms. The van der Waals surface area contributed by atoms with Crippen LogP contribution in [0.1, 0.15) is 127 Å². The molecule has 2 aliphatic heterocycles. The molecule has 6 aromatic rings. The van der Waals surface area contributed by atoms with E-state index >= 15 is 0 Å². The second-order valence-corrected chi connectivity index (χ2v) is 19.1. The van der Waals surface area contributed by atoms with Gasteiger partial charge in [0.25, 0.3) is 0 Å². The molecule has 8 rings (SSSR count). The number of aliphatic imine (C=N–C) groups is 2. The van der Waals surface area contributed by atoms with Gasteiger partial charge in [0, 0.05) is 58.4 Å². The monoisotopic (exact) mass is 998 g/mol. The topological polar surface area (TPSA) is 191 Å². The molecule has 0 fully saturated rings. The second kappa shape index (κ2) is 21.3. The number of nitrogens with zero attached hydrogens (tertiary/aromatic N) is 8. The van der Waals surface area contributed by atoms with E-state index in [1.165, 1.54) is 36.9 Å². The molecule has 2 atom stereocenters. The summed E-state index contributed by atoms with van der Waals surface area (Å²) in [5.74, 6) is 1.28. The summed E-state index contributed by atoms with van der Waals surface area (Å²) < 4.78 is 25.4. The smallest absolute Gasteiger partial charge is 0.308 e. The van der Waals surface area contributed by atoms with Crippen LogP contribution in [0, 0.1) is 27.7 Å². The van der Waals surface area contributed by atoms with Gasteiger partial charge in [0.15, 0.2) is 23.2 Å². The number of carbonyl (C=O) groups excluding carboxylic acids is 4. The van der Waals surface area contributed by atoms with Crippen LogP contribution >= 0.6 is 45.9 Å². The average Bonchev–Trinajstić information content (AvgIpc) is 4.05. The number of benzene rings is 2. The minimum absolute atomic E-state index is 0.0233. The summed E-state index contributed by atoms with van der Waals surface area (Å²) in [6.07, 6.45) is 1.47. The SMILES string of the molecule is COC(=O)C[C@@H]1N=C(c2ccc(Cl)cc2)c2c(sc(C(=O)CCCOCCOCCCC(=O)c3sc4c(c3C)C(c3ccc(Cl)cc3)=N[C@@H](CC(=O)OC)c3nnc(C)n3-4)c2C)-n2c(C)nnc21. The lowest BCUT2D eigenvalue weighted by molar-refractivity contribution is -0.142. The van der Waals surface area contributed by atoms with Gasteiger partial charge in [-0.3, -0.25) is 38.3 Å². The molecule has 68 heavy (non-hydrogen) atoms. The van der Waals surface area contributed by atoms with E-state index in [0.717, 1.165) is 43.4 Å². The zero-order chi connectivity index (χ0) is 48.2. The first-order valence-electron chi connectivity index (χ1n) is 21.9. The lowest BCUT2D eigenvalue weighted by Gasteiger charge is -2.12. The van der Waals surface area contributed by atoms with Crippen molar-refractivity contribution in [3.63, 3.8) is 0 Å². The number of methoxy groups -OCH3 is 2. The molecule has 4 aromatic heterocycles. The molecular weight excluding hydrogens is 952 g/mol. The number of halogens is 2. The molecule has 354 valence electrons. The third-order valence-corrected chi connectivity index (χ3v) is 14.8. The van der Waals surface area contributed by atoms with Crippen molar-refractivity contribution in [1.82, 2.24) is 29.5 Å². The Morgan fingerprint density at radius 1 is 0.574 bits per heavy atom. The van der Waals surface area contributed by atoms with E-state index in [4.69, 9.17) is 52.1 Å². The molecule has 0 saturated heterocycles. The van der Waals surface area contributed by atoms with Gasteiger partial charge in [-0.15, -0.1) is 43.1 Å². The van der Waals surface area contributed by atoms with Crippen LogP contribution in [-0.2, 0) is 28.5 Å². The molecule has 0 saturated carbocycles. The van der Waals surface area contributed by atoms with Gasteiger partial charge in [-0.1, -0.05) is 47.5 Å². The summed E-state index contributed by atoms with van der Waals surface area (Å²) in [7, 11) is 2.67. The lowest BCUT2D eigenvalue weighted by atomic mass is 9.98. The number of fused-ring (bicyclic) bond motifs is 6. The van der Waals surface area contributed by atoms with Crippen molar-refractivity contribution >= 4 is 80.8 Å². The van der Waals surface area contributed by atoms with Crippen molar-refractivity contribution in [3.05, 3.63) is 125 Å². The van der Waals surface area contributed by atoms with E-state index in [2.05, 4.69) is 20.4 Å². The van der Waals surface area contributed by atoms with Crippen LogP contribution in [0.5, 0.6) is 0 Å². The first-order valence-corrected chi connectivity index (χ1v) is 24.3. The van der Waals surface area contributed by atoms with Crippen molar-refractivity contribution < 1.29 is 38.1 Å². The first kappa shape index (κ1) is 48.7. The predicted molar refractivity (Wildman–Crippen MR) is 259 cm³/mol. The van der Waals surface area contributed by atoms with Crippen molar-refractivity contribution in [3.8, 4) is 10.0 Å². The zero-order valence-electron chi connectivity index (χ0n) is 38.3. The number of esters is 2. The number of hydrogen-bond acceptors (Lipinski definition) is 16. The number of ketones is 2. The van der Waals surface area contributed by atoms with E-state index in [1.807, 2.05) is 61.1 Å². The Morgan fingerprint density at radius 2 is 0.956 bits per heavy atom. The van der Waals surface area contributed by atoms with Crippen LogP contribution in [-0.4, -0.2) is 105 Å². The molecule has 0 radical (unpaired) electrons. The lowest BCUT2D eigenvalue weighted by Crippen LogP contribution is -2.12. The largest absolute Gasteiger partial charge is 0.469 e. The molecule has 0 spiro atoms. The molecule has 2 aliphatic rings. The summed E-state index contributed by atoms with van der Waals surface area (Å²) in [6, 6.07) is 13.3. The highest BCUT2D eigenvalue weighted by atomic mass is 35.5. The first-order chi connectivity index (χ1) is 32.8. The van der Waals surface area contributed by atoms with Crippen LogP contribution < -0.4 is 0 Å². The van der Waals surface area contributed by atoms with E-state index in [9.17, 15) is 19.2 Å². The molecular formula is C48H48Cl2N8O8S2. The minimum Gasteiger partial charge on any atom is -0.469 e. The average molecular weight is 1000 g/mol. The number of Topliss-reactive ketones (excluding diaryl/α,β-unsaturated/α-hetero) is 2. The molecule has 0 aliphatic carbocycles. The van der Waals surface area contributed by atoms with Crippen molar-refractivity contribution in [2.24, 2.45) is 9.98 Å². The van der Waals surface area contributed by atoms with Gasteiger partial charge in [-0.2, -0.15) is 0 Å². The Morgan fingerprint density at radius 3 is 1.32 bits per heavy atom. The summed E-state index contributed by atoms with van der Waals surface area (Å²) in [6.45, 7) is 8.87. The number of aromatic nitrogens is 6. The van der Waals surface area contributed by atoms with Gasteiger partial charge >= 0.3 is 11.9 Å². The van der Waals surface area contributed by atoms with E-state index in [0.29, 0.717) is 93.8 Å². The zero-order valence-corrected chi connectivity index (χ0v) is 41.4. The summed E-state index contributed by atoms with van der Waals surface area (Å²) >= 11 is 15.2. The van der Waals surface area contributed by atoms with Gasteiger partial charge in [0.05, 0.1) is 61.5 Å². The Labute approximate surface area is 410 Å². The standard InChI is InChI=1S/C48H48Cl2N8O8S2/c1-25-39-41(29-11-15-31(49)16-12-29)51-33(23-37(61)63-5)45-55-53-27(3)57(45)47(39)67-43(25)35(59)9-7-19-65-21-22-66-20-8-10-36(60)44-26(2)40-42(30-13-17-32(50)18-14-30)52-34(24-38(62)64-6)46-56-54-28(4)58(46)48(40)68-44/h11-18,33-34H,7-10,19-24H2,1-6H3/t33-,34-/m0/s1. The quantitative estimate of drug-likeness (QED) is 0.0426. The van der Waals surface area contributed by atoms with Crippen molar-refractivity contribution in [2.45, 2.75) is 78.3 Å². The van der Waals surface area contributed by atoms with Crippen LogP contribution in [0.3, 0.4) is 0 Å². The van der Waals surface area contributed by atoms with Crippen LogP contribution in [0.4, 0.5) is 0 Å². The van der Waals surface area contributed by atoms with Crippen molar-refractivity contribution in [1.29, 1.82) is 0 Å². The fourth-order valence-electron chi connectivity index (χ4n) is 8.28. The van der Waals surface area contributed by atoms with E-state index in [-0.39, 0.29) is 37.2 Å². The van der Waals surface area contributed by atoms with E-state index < -0.39 is 24.0 Å². The fraction of sp³-hybridized carbons (Fsp3) is 0.375. The molecule has 2 aromatic carbocycles. The van der Waals surface area contributed by atoms with Gasteiger partial charge in [-0.25, -0.2) is 0 Å². The van der Waals surface area contributed by atoms with Crippen LogP contribution in [0.25, 0.3) is 10.0 Å². The summed E-state index contributed by atoms with van der Waals surface area (Å²) in [5.41, 5.74) is 5.92. The highest BCUT2D eigenvalue weighted by molar-refractivity contribution is 7.17.